The zero-order chi connectivity index (χ0) is 15.9. The van der Waals surface area contributed by atoms with E-state index in [0.29, 0.717) is 18.4 Å². The molecule has 4 nitrogen and oxygen atoms in total. The monoisotopic (exact) mass is 307 g/mol. The smallest absolute Gasteiger partial charge is 0.223 e. The Morgan fingerprint density at radius 2 is 1.50 bits per heavy atom. The minimum absolute atomic E-state index is 0.102. The second-order valence-corrected chi connectivity index (χ2v) is 8.85. The minimum atomic E-state index is 0.102. The molecule has 126 valence electrons. The van der Waals surface area contributed by atoms with E-state index in [9.17, 15) is 4.79 Å². The molecule has 2 unspecified atom stereocenters. The number of likely N-dealkylation sites (tertiary alicyclic amines) is 2. The van der Waals surface area contributed by atoms with Crippen molar-refractivity contribution in [3.63, 3.8) is 0 Å². The number of likely N-dealkylation sites (N-methyl/N-ethyl adjacent to an activating group) is 1. The van der Waals surface area contributed by atoms with Crippen LogP contribution >= 0.6 is 0 Å². The molecule has 2 bridgehead atoms. The van der Waals surface area contributed by atoms with E-state index in [4.69, 9.17) is 0 Å². The van der Waals surface area contributed by atoms with E-state index in [1.165, 1.54) is 38.8 Å². The first-order valence-electron chi connectivity index (χ1n) is 9.07. The van der Waals surface area contributed by atoms with Crippen molar-refractivity contribution < 1.29 is 4.79 Å². The number of hydrogen-bond acceptors (Lipinski definition) is 3. The maximum atomic E-state index is 12.4. The molecule has 0 N–H and O–H groups in total. The van der Waals surface area contributed by atoms with Gasteiger partial charge in [0, 0.05) is 50.7 Å². The van der Waals surface area contributed by atoms with E-state index in [-0.39, 0.29) is 5.41 Å². The van der Waals surface area contributed by atoms with Crippen LogP contribution in [0.25, 0.3) is 0 Å². The van der Waals surface area contributed by atoms with Crippen molar-refractivity contribution in [2.24, 2.45) is 5.41 Å². The van der Waals surface area contributed by atoms with E-state index in [1.807, 2.05) is 0 Å². The van der Waals surface area contributed by atoms with Crippen molar-refractivity contribution in [2.75, 3.05) is 33.2 Å². The average Bonchev–Trinajstić information content (AvgIpc) is 2.67. The number of piperazine rings is 1. The Bertz CT molecular complexity index is 395. The molecule has 0 radical (unpaired) electrons. The Labute approximate surface area is 135 Å². The summed E-state index contributed by atoms with van der Waals surface area (Å²) in [7, 11) is 2.30. The lowest BCUT2D eigenvalue weighted by Crippen LogP contribution is -2.57. The number of rotatable bonds is 2. The van der Waals surface area contributed by atoms with Crippen LogP contribution < -0.4 is 0 Å². The molecule has 4 heteroatoms. The first-order chi connectivity index (χ1) is 10.3. The van der Waals surface area contributed by atoms with Crippen molar-refractivity contribution in [3.8, 4) is 0 Å². The number of carbonyl (C=O) groups is 1. The van der Waals surface area contributed by atoms with Crippen LogP contribution in [0.4, 0.5) is 0 Å². The molecule has 0 saturated carbocycles. The van der Waals surface area contributed by atoms with Crippen LogP contribution in [0.3, 0.4) is 0 Å². The fraction of sp³-hybridized carbons (Fsp3) is 0.944. The molecule has 0 aromatic heterocycles. The molecule has 3 aliphatic heterocycles. The summed E-state index contributed by atoms with van der Waals surface area (Å²) in [5.74, 6) is 0.351. The van der Waals surface area contributed by atoms with E-state index in [2.05, 4.69) is 42.5 Å². The predicted octanol–water partition coefficient (Wildman–Crippen LogP) is 2.19. The zero-order valence-electron chi connectivity index (χ0n) is 14.8. The Hall–Kier alpha value is -0.610. The fourth-order valence-electron chi connectivity index (χ4n) is 4.49. The third-order valence-electron chi connectivity index (χ3n) is 5.89. The normalized spacial score (nSPS) is 31.7. The largest absolute Gasteiger partial charge is 0.343 e. The van der Waals surface area contributed by atoms with Gasteiger partial charge >= 0.3 is 0 Å². The molecule has 22 heavy (non-hydrogen) atoms. The summed E-state index contributed by atoms with van der Waals surface area (Å²) < 4.78 is 0. The highest BCUT2D eigenvalue weighted by Gasteiger charge is 2.40. The highest BCUT2D eigenvalue weighted by molar-refractivity contribution is 5.76. The molecule has 3 rings (SSSR count). The number of hydrogen-bond donors (Lipinski definition) is 0. The number of nitrogens with zero attached hydrogens (tertiary/aromatic N) is 3. The Morgan fingerprint density at radius 1 is 0.955 bits per heavy atom. The molecule has 0 aliphatic carbocycles. The van der Waals surface area contributed by atoms with Gasteiger partial charge in [-0.1, -0.05) is 20.8 Å². The van der Waals surface area contributed by atoms with Crippen LogP contribution in [0.2, 0.25) is 0 Å². The van der Waals surface area contributed by atoms with Gasteiger partial charge in [-0.25, -0.2) is 0 Å². The van der Waals surface area contributed by atoms with Gasteiger partial charge in [-0.3, -0.25) is 14.6 Å². The van der Waals surface area contributed by atoms with Crippen molar-refractivity contribution in [1.29, 1.82) is 0 Å². The average molecular weight is 307 g/mol. The van der Waals surface area contributed by atoms with Gasteiger partial charge < -0.3 is 4.90 Å². The van der Waals surface area contributed by atoms with Gasteiger partial charge in [0.15, 0.2) is 0 Å². The lowest BCUT2D eigenvalue weighted by molar-refractivity contribution is -0.134. The van der Waals surface area contributed by atoms with Crippen molar-refractivity contribution in [2.45, 2.75) is 71.0 Å². The van der Waals surface area contributed by atoms with Gasteiger partial charge in [0.25, 0.3) is 0 Å². The van der Waals surface area contributed by atoms with Gasteiger partial charge in [0.05, 0.1) is 0 Å². The summed E-state index contributed by atoms with van der Waals surface area (Å²) >= 11 is 0. The number of amides is 1. The quantitative estimate of drug-likeness (QED) is 0.782. The molecule has 3 saturated heterocycles. The molecular formula is C18H33N3O. The van der Waals surface area contributed by atoms with Gasteiger partial charge in [-0.2, -0.15) is 0 Å². The van der Waals surface area contributed by atoms with E-state index >= 15 is 0 Å². The maximum absolute atomic E-state index is 12.4. The third kappa shape index (κ3) is 3.48. The second kappa shape index (κ2) is 6.12. The van der Waals surface area contributed by atoms with Crippen LogP contribution in [0.5, 0.6) is 0 Å². The molecule has 2 atom stereocenters. The first-order valence-corrected chi connectivity index (χ1v) is 9.07. The third-order valence-corrected chi connectivity index (χ3v) is 5.89. The van der Waals surface area contributed by atoms with Gasteiger partial charge in [-0.05, 0) is 38.1 Å². The SMILES string of the molecule is CN1C2CCC1CN(C1CCN(C(=O)CC(C)(C)C)CC1)C2. The lowest BCUT2D eigenvalue weighted by atomic mass is 9.91. The highest BCUT2D eigenvalue weighted by atomic mass is 16.2. The number of piperidine rings is 1. The molecule has 0 aromatic rings. The molecule has 1 amide bonds. The van der Waals surface area contributed by atoms with Crippen LogP contribution in [-0.4, -0.2) is 72.0 Å². The summed E-state index contributed by atoms with van der Waals surface area (Å²) in [5, 5.41) is 0. The van der Waals surface area contributed by atoms with Crippen LogP contribution in [0, 0.1) is 5.41 Å². The van der Waals surface area contributed by atoms with E-state index < -0.39 is 0 Å². The van der Waals surface area contributed by atoms with Crippen LogP contribution in [0.1, 0.15) is 52.9 Å². The highest BCUT2D eigenvalue weighted by Crippen LogP contribution is 2.31. The standard InChI is InChI=1S/C18H33N3O/c1-18(2,3)11-17(22)20-9-7-14(8-10-20)21-12-15-5-6-16(13-21)19(15)4/h14-16H,5-13H2,1-4H3. The van der Waals surface area contributed by atoms with Gasteiger partial charge in [0.1, 0.15) is 0 Å². The Morgan fingerprint density at radius 3 is 2.00 bits per heavy atom. The minimum Gasteiger partial charge on any atom is -0.343 e. The van der Waals surface area contributed by atoms with Crippen LogP contribution in [0.15, 0.2) is 0 Å². The van der Waals surface area contributed by atoms with Crippen molar-refractivity contribution in [1.82, 2.24) is 14.7 Å². The molecular weight excluding hydrogens is 274 g/mol. The van der Waals surface area contributed by atoms with Gasteiger partial charge in [0.2, 0.25) is 5.91 Å². The predicted molar refractivity (Wildman–Crippen MR) is 89.8 cm³/mol. The summed E-state index contributed by atoms with van der Waals surface area (Å²) in [6, 6.07) is 2.26. The molecule has 3 aliphatic rings. The molecule has 3 heterocycles. The molecule has 3 fully saturated rings. The second-order valence-electron chi connectivity index (χ2n) is 8.85. The molecule has 0 spiro atoms. The summed E-state index contributed by atoms with van der Waals surface area (Å²) in [6.07, 6.45) is 5.76. The first kappa shape index (κ1) is 16.3. The lowest BCUT2D eigenvalue weighted by Gasteiger charge is -2.45. The topological polar surface area (TPSA) is 26.8 Å². The summed E-state index contributed by atoms with van der Waals surface area (Å²) in [6.45, 7) is 10.9. The van der Waals surface area contributed by atoms with Crippen molar-refractivity contribution >= 4 is 5.91 Å². The number of carbonyl (C=O) groups excluding carboxylic acids is 1. The fourth-order valence-corrected chi connectivity index (χ4v) is 4.49. The Balaban J connectivity index is 1.49. The summed E-state index contributed by atoms with van der Waals surface area (Å²) in [4.78, 5) is 19.8. The summed E-state index contributed by atoms with van der Waals surface area (Å²) in [5.41, 5.74) is 0.102. The Kier molecular flexibility index (Phi) is 4.52. The van der Waals surface area contributed by atoms with Crippen LogP contribution in [-0.2, 0) is 4.79 Å². The van der Waals surface area contributed by atoms with E-state index in [0.717, 1.165) is 25.2 Å². The zero-order valence-corrected chi connectivity index (χ0v) is 14.8. The van der Waals surface area contributed by atoms with Gasteiger partial charge in [-0.15, -0.1) is 0 Å². The number of fused-ring (bicyclic) bond motifs is 2. The maximum Gasteiger partial charge on any atom is 0.223 e. The van der Waals surface area contributed by atoms with Crippen molar-refractivity contribution in [3.05, 3.63) is 0 Å². The molecule has 0 aromatic carbocycles. The van der Waals surface area contributed by atoms with E-state index in [1.54, 1.807) is 0 Å².